The van der Waals surface area contributed by atoms with Gasteiger partial charge in [-0.25, -0.2) is 0 Å². The number of aromatic nitrogens is 2. The number of carbonyl (C=O) groups excluding carboxylic acids is 1. The third-order valence-corrected chi connectivity index (χ3v) is 5.19. The van der Waals surface area contributed by atoms with Crippen LogP contribution in [0.4, 0.5) is 0 Å². The third kappa shape index (κ3) is 3.17. The van der Waals surface area contributed by atoms with Gasteiger partial charge in [0.2, 0.25) is 5.91 Å². The Morgan fingerprint density at radius 2 is 2.09 bits per heavy atom. The van der Waals surface area contributed by atoms with Crippen molar-refractivity contribution in [1.82, 2.24) is 20.4 Å². The Kier molecular flexibility index (Phi) is 5.24. The first kappa shape index (κ1) is 17.0. The first-order valence-electron chi connectivity index (χ1n) is 8.17. The molecule has 1 aliphatic carbocycles. The van der Waals surface area contributed by atoms with E-state index in [4.69, 9.17) is 5.73 Å². The van der Waals surface area contributed by atoms with E-state index in [1.807, 2.05) is 13.8 Å². The molecule has 1 aromatic rings. The summed E-state index contributed by atoms with van der Waals surface area (Å²) >= 11 is 0. The van der Waals surface area contributed by atoms with Crippen LogP contribution in [0.3, 0.4) is 0 Å². The fraction of sp³-hybridized carbons (Fsp3) is 0.750. The van der Waals surface area contributed by atoms with Gasteiger partial charge in [-0.1, -0.05) is 19.8 Å². The molecular weight excluding hydrogens is 278 g/mol. The van der Waals surface area contributed by atoms with Gasteiger partial charge in [-0.3, -0.25) is 14.8 Å². The summed E-state index contributed by atoms with van der Waals surface area (Å²) in [5.74, 6) is -0.122. The van der Waals surface area contributed by atoms with Crippen LogP contribution in [0.15, 0.2) is 0 Å². The van der Waals surface area contributed by atoms with Gasteiger partial charge in [0, 0.05) is 23.3 Å². The minimum atomic E-state index is -0.663. The Balaban J connectivity index is 2.02. The van der Waals surface area contributed by atoms with Crippen LogP contribution in [0, 0.1) is 13.8 Å². The molecule has 0 spiro atoms. The summed E-state index contributed by atoms with van der Waals surface area (Å²) in [5, 5.41) is 10.1. The topological polar surface area (TPSA) is 87.0 Å². The maximum atomic E-state index is 12.5. The standard InChI is InChI=1S/C16H29N5O/c1-5-21(4)16(8-6-7-9-16)10-18-15(22)14(17)13-11(2)19-20-12(13)3/h14H,5-10,17H2,1-4H3,(H,18,22)(H,19,20). The van der Waals surface area contributed by atoms with Crippen LogP contribution in [-0.4, -0.2) is 46.7 Å². The van der Waals surface area contributed by atoms with Gasteiger partial charge in [0.1, 0.15) is 6.04 Å². The van der Waals surface area contributed by atoms with Gasteiger partial charge in [-0.15, -0.1) is 0 Å². The molecule has 0 aliphatic heterocycles. The predicted octanol–water partition coefficient (Wildman–Crippen LogP) is 1.41. The van der Waals surface area contributed by atoms with E-state index in [1.165, 1.54) is 12.8 Å². The van der Waals surface area contributed by atoms with Gasteiger partial charge in [-0.2, -0.15) is 5.10 Å². The lowest BCUT2D eigenvalue weighted by atomic mass is 9.95. The summed E-state index contributed by atoms with van der Waals surface area (Å²) in [4.78, 5) is 14.8. The summed E-state index contributed by atoms with van der Waals surface area (Å²) in [6.45, 7) is 7.58. The maximum Gasteiger partial charge on any atom is 0.241 e. The minimum absolute atomic E-state index is 0.0879. The van der Waals surface area contributed by atoms with Gasteiger partial charge >= 0.3 is 0 Å². The molecule has 1 saturated carbocycles. The monoisotopic (exact) mass is 307 g/mol. The highest BCUT2D eigenvalue weighted by molar-refractivity contribution is 5.83. The number of rotatable bonds is 6. The summed E-state index contributed by atoms with van der Waals surface area (Å²) in [6, 6.07) is -0.663. The Labute approximate surface area is 132 Å². The molecule has 1 aliphatic rings. The first-order chi connectivity index (χ1) is 10.4. The zero-order valence-corrected chi connectivity index (χ0v) is 14.2. The van der Waals surface area contributed by atoms with Crippen LogP contribution >= 0.6 is 0 Å². The van der Waals surface area contributed by atoms with Gasteiger partial charge in [0.25, 0.3) is 0 Å². The average molecular weight is 307 g/mol. The number of carbonyl (C=O) groups is 1. The number of likely N-dealkylation sites (N-methyl/N-ethyl adjacent to an activating group) is 1. The first-order valence-corrected chi connectivity index (χ1v) is 8.17. The van der Waals surface area contributed by atoms with Crippen molar-refractivity contribution in [2.75, 3.05) is 20.1 Å². The van der Waals surface area contributed by atoms with Crippen LogP contribution in [-0.2, 0) is 4.79 Å². The molecule has 6 nitrogen and oxygen atoms in total. The number of H-pyrrole nitrogens is 1. The summed E-state index contributed by atoms with van der Waals surface area (Å²) in [6.07, 6.45) is 4.73. The summed E-state index contributed by atoms with van der Waals surface area (Å²) < 4.78 is 0. The van der Waals surface area contributed by atoms with Crippen molar-refractivity contribution in [3.63, 3.8) is 0 Å². The van der Waals surface area contributed by atoms with E-state index in [0.29, 0.717) is 6.54 Å². The molecule has 1 unspecified atom stereocenters. The second kappa shape index (κ2) is 6.79. The van der Waals surface area contributed by atoms with Crippen molar-refractivity contribution in [3.05, 3.63) is 17.0 Å². The van der Waals surface area contributed by atoms with Crippen LogP contribution in [0.5, 0.6) is 0 Å². The number of nitrogens with zero attached hydrogens (tertiary/aromatic N) is 2. The molecule has 0 aromatic carbocycles. The number of nitrogens with two attached hydrogens (primary N) is 1. The van der Waals surface area contributed by atoms with Gasteiger partial charge in [-0.05, 0) is 40.3 Å². The van der Waals surface area contributed by atoms with Crippen molar-refractivity contribution in [1.29, 1.82) is 0 Å². The highest BCUT2D eigenvalue weighted by Crippen LogP contribution is 2.34. The zero-order valence-electron chi connectivity index (χ0n) is 14.2. The fourth-order valence-corrected chi connectivity index (χ4v) is 3.57. The van der Waals surface area contributed by atoms with Crippen LogP contribution in [0.25, 0.3) is 0 Å². The number of amides is 1. The van der Waals surface area contributed by atoms with Crippen molar-refractivity contribution >= 4 is 5.91 Å². The third-order valence-electron chi connectivity index (χ3n) is 5.19. The Hall–Kier alpha value is -1.40. The Morgan fingerprint density at radius 1 is 1.45 bits per heavy atom. The molecule has 1 heterocycles. The second-order valence-corrected chi connectivity index (χ2v) is 6.49. The Bertz CT molecular complexity index is 499. The van der Waals surface area contributed by atoms with E-state index in [0.717, 1.165) is 36.3 Å². The molecule has 2 rings (SSSR count). The largest absolute Gasteiger partial charge is 0.353 e. The molecule has 1 aromatic heterocycles. The number of hydrogen-bond acceptors (Lipinski definition) is 4. The molecule has 22 heavy (non-hydrogen) atoms. The van der Waals surface area contributed by atoms with Crippen molar-refractivity contribution in [2.24, 2.45) is 5.73 Å². The number of nitrogens with one attached hydrogen (secondary N) is 2. The van der Waals surface area contributed by atoms with E-state index < -0.39 is 6.04 Å². The van der Waals surface area contributed by atoms with Gasteiger partial charge in [0.05, 0.1) is 5.69 Å². The molecule has 6 heteroatoms. The molecule has 0 saturated heterocycles. The van der Waals surface area contributed by atoms with Crippen molar-refractivity contribution in [3.8, 4) is 0 Å². The van der Waals surface area contributed by atoms with Gasteiger partial charge < -0.3 is 11.1 Å². The fourth-order valence-electron chi connectivity index (χ4n) is 3.57. The van der Waals surface area contributed by atoms with Gasteiger partial charge in [0.15, 0.2) is 0 Å². The van der Waals surface area contributed by atoms with E-state index in [2.05, 4.69) is 34.4 Å². The van der Waals surface area contributed by atoms with E-state index in [9.17, 15) is 4.79 Å². The maximum absolute atomic E-state index is 12.5. The lowest BCUT2D eigenvalue weighted by Crippen LogP contribution is -2.53. The van der Waals surface area contributed by atoms with Crippen LogP contribution in [0.2, 0.25) is 0 Å². The van der Waals surface area contributed by atoms with E-state index in [-0.39, 0.29) is 11.4 Å². The highest BCUT2D eigenvalue weighted by Gasteiger charge is 2.37. The SMILES string of the molecule is CCN(C)C1(CNC(=O)C(N)c2c(C)n[nH]c2C)CCCC1. The van der Waals surface area contributed by atoms with E-state index >= 15 is 0 Å². The average Bonchev–Trinajstić information content (AvgIpc) is 3.11. The normalized spacial score (nSPS) is 18.6. The smallest absolute Gasteiger partial charge is 0.241 e. The molecule has 124 valence electrons. The summed E-state index contributed by atoms with van der Waals surface area (Å²) in [7, 11) is 2.14. The molecule has 1 fully saturated rings. The molecule has 1 amide bonds. The van der Waals surface area contributed by atoms with Crippen molar-refractivity contribution in [2.45, 2.75) is 58.0 Å². The molecule has 0 bridgehead atoms. The lowest BCUT2D eigenvalue weighted by Gasteiger charge is -2.38. The zero-order chi connectivity index (χ0) is 16.3. The molecular formula is C16H29N5O. The second-order valence-electron chi connectivity index (χ2n) is 6.49. The quantitative estimate of drug-likeness (QED) is 0.741. The van der Waals surface area contributed by atoms with Crippen molar-refractivity contribution < 1.29 is 4.79 Å². The molecule has 1 atom stereocenters. The minimum Gasteiger partial charge on any atom is -0.353 e. The number of hydrogen-bond donors (Lipinski definition) is 3. The number of aryl methyl sites for hydroxylation is 2. The van der Waals surface area contributed by atoms with Crippen LogP contribution < -0.4 is 11.1 Å². The van der Waals surface area contributed by atoms with Crippen LogP contribution in [0.1, 0.15) is 55.6 Å². The van der Waals surface area contributed by atoms with E-state index in [1.54, 1.807) is 0 Å². The lowest BCUT2D eigenvalue weighted by molar-refractivity contribution is -0.123. The number of aromatic amines is 1. The summed E-state index contributed by atoms with van der Waals surface area (Å²) in [5.41, 5.74) is 8.69. The predicted molar refractivity (Wildman–Crippen MR) is 87.5 cm³/mol. The Morgan fingerprint density at radius 3 is 2.59 bits per heavy atom. The molecule has 4 N–H and O–H groups in total. The highest BCUT2D eigenvalue weighted by atomic mass is 16.2. The molecule has 0 radical (unpaired) electrons.